The van der Waals surface area contributed by atoms with E-state index >= 15 is 0 Å². The van der Waals surface area contributed by atoms with Crippen LogP contribution in [0.2, 0.25) is 0 Å². The number of pyridine rings is 1. The Bertz CT molecular complexity index is 482. The van der Waals surface area contributed by atoms with Crippen LogP contribution in [0.5, 0.6) is 0 Å². The van der Waals surface area contributed by atoms with E-state index in [-0.39, 0.29) is 0 Å². The Kier molecular flexibility index (Phi) is 5.21. The molecule has 2 rings (SSSR count). The summed E-state index contributed by atoms with van der Waals surface area (Å²) in [6.07, 6.45) is 5.93. The van der Waals surface area contributed by atoms with Crippen molar-refractivity contribution in [1.29, 1.82) is 0 Å². The molecule has 2 N–H and O–H groups in total. The lowest BCUT2D eigenvalue weighted by atomic mass is 10.2. The third-order valence-electron chi connectivity index (χ3n) is 2.95. The molecule has 0 fully saturated rings. The molecule has 0 aromatic carbocycles. The monoisotopic (exact) mass is 275 g/mol. The summed E-state index contributed by atoms with van der Waals surface area (Å²) in [4.78, 5) is 5.65. The maximum Gasteiger partial charge on any atom is 0.0604 e. The summed E-state index contributed by atoms with van der Waals surface area (Å²) in [5.41, 5.74) is 2.15. The van der Waals surface area contributed by atoms with Crippen molar-refractivity contribution >= 4 is 22.7 Å². The minimum absolute atomic E-state index is 0.364. The molecule has 0 aliphatic rings. The van der Waals surface area contributed by atoms with E-state index in [0.717, 1.165) is 30.8 Å². The Labute approximate surface area is 119 Å². The van der Waals surface area contributed by atoms with Gasteiger partial charge in [0.1, 0.15) is 0 Å². The van der Waals surface area contributed by atoms with Gasteiger partial charge in [-0.2, -0.15) is 0 Å². The number of hydrogen-bond acceptors (Lipinski definition) is 4. The van der Waals surface area contributed by atoms with Gasteiger partial charge in [-0.1, -0.05) is 19.9 Å². The van der Waals surface area contributed by atoms with Gasteiger partial charge in [-0.05, 0) is 30.4 Å². The molecule has 0 radical (unpaired) electrons. The number of aromatic nitrogens is 1. The minimum atomic E-state index is 0.364. The largest absolute Gasteiger partial charge is 0.384 e. The molecule has 0 saturated carbocycles. The predicted octanol–water partition coefficient (Wildman–Crippen LogP) is 4.53. The van der Waals surface area contributed by atoms with Gasteiger partial charge in [-0.25, -0.2) is 0 Å². The number of rotatable bonds is 7. The zero-order valence-corrected chi connectivity index (χ0v) is 12.3. The van der Waals surface area contributed by atoms with Crippen LogP contribution in [-0.2, 0) is 0 Å². The third kappa shape index (κ3) is 3.96. The molecule has 0 spiro atoms. The molecule has 2 aromatic rings. The molecule has 2 aromatic heterocycles. The lowest BCUT2D eigenvalue weighted by molar-refractivity contribution is 0.763. The minimum Gasteiger partial charge on any atom is -0.384 e. The smallest absolute Gasteiger partial charge is 0.0604 e. The number of nitrogens with one attached hydrogen (secondary N) is 2. The second-order valence-electron chi connectivity index (χ2n) is 4.51. The molecule has 1 unspecified atom stereocenters. The average molecular weight is 275 g/mol. The highest BCUT2D eigenvalue weighted by atomic mass is 32.1. The first-order chi connectivity index (χ1) is 9.33. The summed E-state index contributed by atoms with van der Waals surface area (Å²) in [7, 11) is 0. The van der Waals surface area contributed by atoms with Gasteiger partial charge in [-0.3, -0.25) is 4.98 Å². The highest BCUT2D eigenvalue weighted by Crippen LogP contribution is 2.26. The van der Waals surface area contributed by atoms with Crippen molar-refractivity contribution in [3.63, 3.8) is 0 Å². The molecule has 0 saturated heterocycles. The van der Waals surface area contributed by atoms with Gasteiger partial charge in [0.2, 0.25) is 0 Å². The van der Waals surface area contributed by atoms with Crippen LogP contribution >= 0.6 is 11.3 Å². The molecular formula is C15H21N3S. The third-order valence-corrected chi connectivity index (χ3v) is 3.94. The van der Waals surface area contributed by atoms with E-state index in [1.54, 1.807) is 11.3 Å². The molecule has 0 aliphatic carbocycles. The molecule has 0 aliphatic heterocycles. The Morgan fingerprint density at radius 1 is 1.26 bits per heavy atom. The van der Waals surface area contributed by atoms with Crippen molar-refractivity contribution < 1.29 is 0 Å². The van der Waals surface area contributed by atoms with Gasteiger partial charge in [0, 0.05) is 11.4 Å². The maximum absolute atomic E-state index is 4.28. The standard InChI is InChI=1S/C15H21N3S/c1-3-7-17-12-9-13(11-16-10-12)18-14(4-2)15-6-5-8-19-15/h5-6,8-11,14,17-18H,3-4,7H2,1-2H3. The topological polar surface area (TPSA) is 37.0 Å². The van der Waals surface area contributed by atoms with E-state index in [1.165, 1.54) is 4.88 Å². The van der Waals surface area contributed by atoms with Crippen LogP contribution in [0.1, 0.15) is 37.6 Å². The second kappa shape index (κ2) is 7.14. The Morgan fingerprint density at radius 2 is 2.11 bits per heavy atom. The first-order valence-corrected chi connectivity index (χ1v) is 7.70. The fourth-order valence-corrected chi connectivity index (χ4v) is 2.81. The summed E-state index contributed by atoms with van der Waals surface area (Å²) in [6, 6.07) is 6.77. The Morgan fingerprint density at radius 3 is 2.79 bits per heavy atom. The second-order valence-corrected chi connectivity index (χ2v) is 5.49. The van der Waals surface area contributed by atoms with E-state index in [0.29, 0.717) is 6.04 Å². The van der Waals surface area contributed by atoms with Crippen LogP contribution in [0.25, 0.3) is 0 Å². The van der Waals surface area contributed by atoms with Crippen molar-refractivity contribution in [1.82, 2.24) is 4.98 Å². The van der Waals surface area contributed by atoms with Crippen molar-refractivity contribution in [3.8, 4) is 0 Å². The van der Waals surface area contributed by atoms with Crippen molar-refractivity contribution in [3.05, 3.63) is 40.8 Å². The molecule has 102 valence electrons. The summed E-state index contributed by atoms with van der Waals surface area (Å²) in [6.45, 7) is 5.34. The fourth-order valence-electron chi connectivity index (χ4n) is 1.95. The van der Waals surface area contributed by atoms with Crippen molar-refractivity contribution in [2.24, 2.45) is 0 Å². The van der Waals surface area contributed by atoms with E-state index in [1.807, 2.05) is 12.4 Å². The van der Waals surface area contributed by atoms with Gasteiger partial charge in [0.25, 0.3) is 0 Å². The summed E-state index contributed by atoms with van der Waals surface area (Å²) in [5, 5.41) is 9.04. The molecule has 0 bridgehead atoms. The first kappa shape index (κ1) is 13.9. The zero-order valence-electron chi connectivity index (χ0n) is 11.5. The number of thiophene rings is 1. The quantitative estimate of drug-likeness (QED) is 0.779. The normalized spacial score (nSPS) is 12.1. The average Bonchev–Trinajstić information content (AvgIpc) is 2.97. The highest BCUT2D eigenvalue weighted by Gasteiger charge is 2.10. The number of anilines is 2. The van der Waals surface area contributed by atoms with E-state index in [4.69, 9.17) is 0 Å². The van der Waals surface area contributed by atoms with Gasteiger partial charge >= 0.3 is 0 Å². The maximum atomic E-state index is 4.28. The lowest BCUT2D eigenvalue weighted by Gasteiger charge is -2.17. The van der Waals surface area contributed by atoms with E-state index in [2.05, 4.69) is 53.0 Å². The number of nitrogens with zero attached hydrogens (tertiary/aromatic N) is 1. The molecule has 3 nitrogen and oxygen atoms in total. The van der Waals surface area contributed by atoms with Crippen LogP contribution in [0.4, 0.5) is 11.4 Å². The lowest BCUT2D eigenvalue weighted by Crippen LogP contribution is -2.09. The van der Waals surface area contributed by atoms with Crippen LogP contribution in [0.15, 0.2) is 36.0 Å². The van der Waals surface area contributed by atoms with Crippen LogP contribution in [0.3, 0.4) is 0 Å². The van der Waals surface area contributed by atoms with Crippen molar-refractivity contribution in [2.75, 3.05) is 17.2 Å². The highest BCUT2D eigenvalue weighted by molar-refractivity contribution is 7.10. The first-order valence-electron chi connectivity index (χ1n) is 6.82. The van der Waals surface area contributed by atoms with Crippen LogP contribution in [0, 0.1) is 0 Å². The SMILES string of the molecule is CCCNc1cncc(NC(CC)c2cccs2)c1. The summed E-state index contributed by atoms with van der Waals surface area (Å²) >= 11 is 1.79. The summed E-state index contributed by atoms with van der Waals surface area (Å²) < 4.78 is 0. The molecule has 1 atom stereocenters. The van der Waals surface area contributed by atoms with Crippen LogP contribution < -0.4 is 10.6 Å². The molecule has 0 amide bonds. The Balaban J connectivity index is 2.05. The fraction of sp³-hybridized carbons (Fsp3) is 0.400. The van der Waals surface area contributed by atoms with Gasteiger partial charge < -0.3 is 10.6 Å². The van der Waals surface area contributed by atoms with Gasteiger partial charge in [0.05, 0.1) is 29.8 Å². The number of hydrogen-bond donors (Lipinski definition) is 2. The van der Waals surface area contributed by atoms with Crippen LogP contribution in [-0.4, -0.2) is 11.5 Å². The molecule has 2 heterocycles. The van der Waals surface area contributed by atoms with Crippen molar-refractivity contribution in [2.45, 2.75) is 32.7 Å². The molecule has 19 heavy (non-hydrogen) atoms. The zero-order chi connectivity index (χ0) is 13.5. The van der Waals surface area contributed by atoms with E-state index < -0.39 is 0 Å². The van der Waals surface area contributed by atoms with Gasteiger partial charge in [-0.15, -0.1) is 11.3 Å². The summed E-state index contributed by atoms with van der Waals surface area (Å²) in [5.74, 6) is 0. The Hall–Kier alpha value is -1.55. The predicted molar refractivity (Wildman–Crippen MR) is 84.0 cm³/mol. The van der Waals surface area contributed by atoms with E-state index in [9.17, 15) is 0 Å². The van der Waals surface area contributed by atoms with Gasteiger partial charge in [0.15, 0.2) is 0 Å². The molecule has 4 heteroatoms. The molecular weight excluding hydrogens is 254 g/mol.